The van der Waals surface area contributed by atoms with Gasteiger partial charge in [-0.15, -0.1) is 0 Å². The van der Waals surface area contributed by atoms with Crippen molar-refractivity contribution in [3.63, 3.8) is 0 Å². The molecule has 0 bridgehead atoms. The number of benzene rings is 1. The predicted octanol–water partition coefficient (Wildman–Crippen LogP) is 3.01. The molecule has 1 aromatic carbocycles. The van der Waals surface area contributed by atoms with Gasteiger partial charge in [-0.1, -0.05) is 29.8 Å². The average Bonchev–Trinajstić information content (AvgIpc) is 2.19. The average molecular weight is 195 g/mol. The molecule has 0 saturated carbocycles. The molecule has 1 N–H and O–H groups in total. The Hall–Kier alpha value is -0.890. The monoisotopic (exact) mass is 195 g/mol. The van der Waals surface area contributed by atoms with Crippen molar-refractivity contribution < 1.29 is 4.39 Å². The summed E-state index contributed by atoms with van der Waals surface area (Å²) in [6.07, 6.45) is 0.593. The van der Waals surface area contributed by atoms with Gasteiger partial charge in [0, 0.05) is 6.04 Å². The summed E-state index contributed by atoms with van der Waals surface area (Å²) in [5.74, 6) is 0. The summed E-state index contributed by atoms with van der Waals surface area (Å²) in [4.78, 5) is 0. The first kappa shape index (κ1) is 11.2. The Morgan fingerprint density at radius 2 is 1.93 bits per heavy atom. The third kappa shape index (κ3) is 3.46. The van der Waals surface area contributed by atoms with Crippen LogP contribution in [0.5, 0.6) is 0 Å². The SMILES string of the molecule is Cc1ccc([C@@H](C)NCCCF)cc1. The summed E-state index contributed by atoms with van der Waals surface area (Å²) in [5.41, 5.74) is 2.53. The van der Waals surface area contributed by atoms with E-state index in [0.717, 1.165) is 6.54 Å². The molecule has 1 aromatic rings. The van der Waals surface area contributed by atoms with E-state index in [4.69, 9.17) is 0 Å². The van der Waals surface area contributed by atoms with Gasteiger partial charge in [0.05, 0.1) is 6.67 Å². The van der Waals surface area contributed by atoms with Gasteiger partial charge in [0.15, 0.2) is 0 Å². The maximum absolute atomic E-state index is 11.9. The zero-order valence-electron chi connectivity index (χ0n) is 8.89. The molecule has 0 fully saturated rings. The van der Waals surface area contributed by atoms with E-state index in [0.29, 0.717) is 12.5 Å². The first-order valence-electron chi connectivity index (χ1n) is 5.10. The van der Waals surface area contributed by atoms with E-state index < -0.39 is 0 Å². The van der Waals surface area contributed by atoms with Crippen molar-refractivity contribution >= 4 is 0 Å². The molecular formula is C12H18FN. The summed E-state index contributed by atoms with van der Waals surface area (Å²) < 4.78 is 11.9. The Balaban J connectivity index is 2.43. The highest BCUT2D eigenvalue weighted by molar-refractivity contribution is 5.23. The molecule has 0 unspecified atom stereocenters. The second-order valence-electron chi connectivity index (χ2n) is 3.63. The molecule has 1 nitrogen and oxygen atoms in total. The molecule has 0 saturated heterocycles. The maximum Gasteiger partial charge on any atom is 0.0906 e. The van der Waals surface area contributed by atoms with Crippen LogP contribution in [-0.2, 0) is 0 Å². The number of rotatable bonds is 5. The Kier molecular flexibility index (Phi) is 4.60. The van der Waals surface area contributed by atoms with Gasteiger partial charge < -0.3 is 5.32 Å². The fraction of sp³-hybridized carbons (Fsp3) is 0.500. The molecule has 78 valence electrons. The Labute approximate surface area is 85.3 Å². The largest absolute Gasteiger partial charge is 0.310 e. The standard InChI is InChI=1S/C12H18FN/c1-10-4-6-12(7-5-10)11(2)14-9-3-8-13/h4-7,11,14H,3,8-9H2,1-2H3/t11-/m1/s1. The van der Waals surface area contributed by atoms with Crippen LogP contribution in [-0.4, -0.2) is 13.2 Å². The number of nitrogens with one attached hydrogen (secondary N) is 1. The van der Waals surface area contributed by atoms with Gasteiger partial charge in [-0.2, -0.15) is 0 Å². The second kappa shape index (κ2) is 5.76. The van der Waals surface area contributed by atoms with Gasteiger partial charge >= 0.3 is 0 Å². The van der Waals surface area contributed by atoms with Crippen LogP contribution in [0.4, 0.5) is 4.39 Å². The van der Waals surface area contributed by atoms with E-state index in [2.05, 4.69) is 43.4 Å². The molecule has 0 aromatic heterocycles. The maximum atomic E-state index is 11.9. The van der Waals surface area contributed by atoms with E-state index in [1.807, 2.05) is 0 Å². The lowest BCUT2D eigenvalue weighted by Crippen LogP contribution is -2.20. The lowest BCUT2D eigenvalue weighted by molar-refractivity contribution is 0.446. The fourth-order valence-corrected chi connectivity index (χ4v) is 1.36. The van der Waals surface area contributed by atoms with E-state index >= 15 is 0 Å². The van der Waals surface area contributed by atoms with E-state index in [1.54, 1.807) is 0 Å². The number of hydrogen-bond donors (Lipinski definition) is 1. The molecule has 0 aliphatic carbocycles. The zero-order valence-corrected chi connectivity index (χ0v) is 8.89. The van der Waals surface area contributed by atoms with Gasteiger partial charge in [0.2, 0.25) is 0 Å². The second-order valence-corrected chi connectivity index (χ2v) is 3.63. The minimum Gasteiger partial charge on any atom is -0.310 e. The molecule has 2 heteroatoms. The highest BCUT2D eigenvalue weighted by Crippen LogP contribution is 2.12. The van der Waals surface area contributed by atoms with Crippen LogP contribution in [0, 0.1) is 6.92 Å². The van der Waals surface area contributed by atoms with Crippen LogP contribution < -0.4 is 5.32 Å². The van der Waals surface area contributed by atoms with Gasteiger partial charge in [-0.3, -0.25) is 4.39 Å². The quantitative estimate of drug-likeness (QED) is 0.712. The Bertz CT molecular complexity index is 256. The van der Waals surface area contributed by atoms with Crippen molar-refractivity contribution in [2.75, 3.05) is 13.2 Å². The predicted molar refractivity (Wildman–Crippen MR) is 58.2 cm³/mol. The minimum absolute atomic E-state index is 0.242. The number of halogens is 1. The first-order chi connectivity index (χ1) is 6.74. The summed E-state index contributed by atoms with van der Waals surface area (Å²) in [5, 5.41) is 3.28. The van der Waals surface area contributed by atoms with Gasteiger partial charge in [-0.05, 0) is 32.4 Å². The molecule has 1 atom stereocenters. The van der Waals surface area contributed by atoms with Crippen LogP contribution in [0.25, 0.3) is 0 Å². The smallest absolute Gasteiger partial charge is 0.0906 e. The number of hydrogen-bond acceptors (Lipinski definition) is 1. The van der Waals surface area contributed by atoms with E-state index in [1.165, 1.54) is 11.1 Å². The summed E-state index contributed by atoms with van der Waals surface area (Å²) in [6, 6.07) is 8.73. The van der Waals surface area contributed by atoms with E-state index in [9.17, 15) is 4.39 Å². The molecular weight excluding hydrogens is 177 g/mol. The van der Waals surface area contributed by atoms with Crippen LogP contribution in [0.1, 0.15) is 30.5 Å². The molecule has 0 aliphatic rings. The molecule has 14 heavy (non-hydrogen) atoms. The fourth-order valence-electron chi connectivity index (χ4n) is 1.36. The summed E-state index contributed by atoms with van der Waals surface area (Å²) in [7, 11) is 0. The molecule has 0 heterocycles. The highest BCUT2D eigenvalue weighted by atomic mass is 19.1. The summed E-state index contributed by atoms with van der Waals surface area (Å²) >= 11 is 0. The minimum atomic E-state index is -0.242. The van der Waals surface area contributed by atoms with Crippen LogP contribution >= 0.6 is 0 Å². The molecule has 0 spiro atoms. The molecule has 0 radical (unpaired) electrons. The van der Waals surface area contributed by atoms with Crippen LogP contribution in [0.2, 0.25) is 0 Å². The summed E-state index contributed by atoms with van der Waals surface area (Å²) in [6.45, 7) is 4.67. The normalized spacial score (nSPS) is 12.8. The van der Waals surface area contributed by atoms with Gasteiger partial charge in [-0.25, -0.2) is 0 Å². The Morgan fingerprint density at radius 3 is 2.50 bits per heavy atom. The topological polar surface area (TPSA) is 12.0 Å². The lowest BCUT2D eigenvalue weighted by Gasteiger charge is -2.13. The lowest BCUT2D eigenvalue weighted by atomic mass is 10.1. The van der Waals surface area contributed by atoms with Crippen molar-refractivity contribution in [3.8, 4) is 0 Å². The third-order valence-electron chi connectivity index (χ3n) is 2.34. The molecule has 1 rings (SSSR count). The first-order valence-corrected chi connectivity index (χ1v) is 5.10. The highest BCUT2D eigenvalue weighted by Gasteiger charge is 2.02. The van der Waals surface area contributed by atoms with Crippen molar-refractivity contribution in [1.82, 2.24) is 5.32 Å². The van der Waals surface area contributed by atoms with Gasteiger partial charge in [0.25, 0.3) is 0 Å². The van der Waals surface area contributed by atoms with Gasteiger partial charge in [0.1, 0.15) is 0 Å². The molecule has 0 aliphatic heterocycles. The Morgan fingerprint density at radius 1 is 1.29 bits per heavy atom. The zero-order chi connectivity index (χ0) is 10.4. The number of alkyl halides is 1. The number of aryl methyl sites for hydroxylation is 1. The van der Waals surface area contributed by atoms with Crippen molar-refractivity contribution in [2.45, 2.75) is 26.3 Å². The van der Waals surface area contributed by atoms with Crippen molar-refractivity contribution in [2.24, 2.45) is 0 Å². The van der Waals surface area contributed by atoms with Crippen LogP contribution in [0.3, 0.4) is 0 Å². The molecule has 0 amide bonds. The third-order valence-corrected chi connectivity index (χ3v) is 2.34. The van der Waals surface area contributed by atoms with Crippen molar-refractivity contribution in [3.05, 3.63) is 35.4 Å². The van der Waals surface area contributed by atoms with Crippen molar-refractivity contribution in [1.29, 1.82) is 0 Å². The van der Waals surface area contributed by atoms with Crippen LogP contribution in [0.15, 0.2) is 24.3 Å². The van der Waals surface area contributed by atoms with E-state index in [-0.39, 0.29) is 6.67 Å².